The van der Waals surface area contributed by atoms with E-state index in [1.54, 1.807) is 0 Å². The first-order valence-electron chi connectivity index (χ1n) is 5.63. The van der Waals surface area contributed by atoms with Crippen LogP contribution < -0.4 is 4.72 Å². The fourth-order valence-corrected chi connectivity index (χ4v) is 4.65. The molecule has 0 unspecified atom stereocenters. The van der Waals surface area contributed by atoms with Crippen molar-refractivity contribution in [3.05, 3.63) is 24.1 Å². The number of nitrogens with one attached hydrogen (secondary N) is 1. The van der Waals surface area contributed by atoms with E-state index < -0.39 is 36.7 Å². The first kappa shape index (κ1) is 14.4. The Bertz CT molecular complexity index is 659. The summed E-state index contributed by atoms with van der Waals surface area (Å²) in [7, 11) is -7.13. The molecule has 0 bridgehead atoms. The van der Waals surface area contributed by atoms with Gasteiger partial charge in [0.25, 0.3) is 10.0 Å². The molecular formula is C10H13FN2O4S2. The third-order valence-electron chi connectivity index (χ3n) is 2.86. The molecule has 1 aliphatic heterocycles. The molecule has 1 fully saturated rings. The number of sulfonamides is 1. The summed E-state index contributed by atoms with van der Waals surface area (Å²) >= 11 is 0. The highest BCUT2D eigenvalue weighted by atomic mass is 32.2. The van der Waals surface area contributed by atoms with Crippen molar-refractivity contribution in [1.29, 1.82) is 0 Å². The molecule has 0 aliphatic carbocycles. The Morgan fingerprint density at radius 2 is 1.95 bits per heavy atom. The lowest BCUT2D eigenvalue weighted by atomic mass is 10.2. The lowest BCUT2D eigenvalue weighted by molar-refractivity contribution is 0.496. The third-order valence-corrected chi connectivity index (χ3v) is 6.02. The minimum Gasteiger partial charge on any atom is -0.241 e. The average molecular weight is 308 g/mol. The summed E-state index contributed by atoms with van der Waals surface area (Å²) in [6.07, 6.45) is 1.56. The third kappa shape index (κ3) is 3.48. The molecule has 2 rings (SSSR count). The Balaban J connectivity index is 2.13. The maximum atomic E-state index is 13.4. The van der Waals surface area contributed by atoms with Crippen LogP contribution in [-0.4, -0.2) is 39.4 Å². The molecule has 9 heteroatoms. The summed E-state index contributed by atoms with van der Waals surface area (Å²) in [6, 6.07) is 1.80. The maximum absolute atomic E-state index is 13.4. The molecule has 0 atom stereocenters. The Morgan fingerprint density at radius 3 is 2.53 bits per heavy atom. The number of hydrogen-bond acceptors (Lipinski definition) is 5. The normalized spacial score (nSPS) is 20.3. The van der Waals surface area contributed by atoms with Crippen LogP contribution in [0.15, 0.2) is 23.4 Å². The number of hydrogen-bond donors (Lipinski definition) is 1. The Morgan fingerprint density at radius 1 is 1.32 bits per heavy atom. The van der Waals surface area contributed by atoms with Gasteiger partial charge in [-0.05, 0) is 25.0 Å². The van der Waals surface area contributed by atoms with E-state index in [1.807, 2.05) is 0 Å². The van der Waals surface area contributed by atoms with Crippen LogP contribution in [0.1, 0.15) is 12.8 Å². The topological polar surface area (TPSA) is 93.2 Å². The molecule has 0 radical (unpaired) electrons. The minimum atomic E-state index is -4.06. The lowest BCUT2D eigenvalue weighted by Crippen LogP contribution is -2.41. The predicted octanol–water partition coefficient (Wildman–Crippen LogP) is 0.0762. The molecule has 0 aromatic carbocycles. The second kappa shape index (κ2) is 5.14. The van der Waals surface area contributed by atoms with Gasteiger partial charge in [0.15, 0.2) is 5.82 Å². The van der Waals surface area contributed by atoms with Crippen LogP contribution in [0.4, 0.5) is 4.39 Å². The number of rotatable bonds is 3. The van der Waals surface area contributed by atoms with E-state index in [9.17, 15) is 21.2 Å². The molecule has 0 spiro atoms. The number of nitrogens with zero attached hydrogens (tertiary/aromatic N) is 1. The van der Waals surface area contributed by atoms with Crippen molar-refractivity contribution >= 4 is 19.9 Å². The van der Waals surface area contributed by atoms with Crippen molar-refractivity contribution in [2.75, 3.05) is 11.5 Å². The van der Waals surface area contributed by atoms with E-state index >= 15 is 0 Å². The highest BCUT2D eigenvalue weighted by molar-refractivity contribution is 7.91. The predicted molar refractivity (Wildman–Crippen MR) is 66.2 cm³/mol. The SMILES string of the molecule is O=S1(=O)CCC(NS(=O)(=O)c2ncccc2F)CC1. The summed E-state index contributed by atoms with van der Waals surface area (Å²) in [6.45, 7) is 0. The van der Waals surface area contributed by atoms with E-state index in [4.69, 9.17) is 0 Å². The zero-order chi connectivity index (χ0) is 14.1. The lowest BCUT2D eigenvalue weighted by Gasteiger charge is -2.22. The fourth-order valence-electron chi connectivity index (χ4n) is 1.85. The van der Waals surface area contributed by atoms with Crippen LogP contribution in [-0.2, 0) is 19.9 Å². The van der Waals surface area contributed by atoms with Crippen molar-refractivity contribution < 1.29 is 21.2 Å². The van der Waals surface area contributed by atoms with E-state index in [0.29, 0.717) is 0 Å². The van der Waals surface area contributed by atoms with Gasteiger partial charge in [-0.15, -0.1) is 0 Å². The second-order valence-electron chi connectivity index (χ2n) is 4.34. The van der Waals surface area contributed by atoms with Crippen molar-refractivity contribution in [3.8, 4) is 0 Å². The van der Waals surface area contributed by atoms with Crippen molar-refractivity contribution in [2.45, 2.75) is 23.9 Å². The largest absolute Gasteiger partial charge is 0.261 e. The zero-order valence-electron chi connectivity index (χ0n) is 9.91. The van der Waals surface area contributed by atoms with Crippen LogP contribution in [0.25, 0.3) is 0 Å². The molecule has 0 saturated carbocycles. The maximum Gasteiger partial charge on any atom is 0.261 e. The van der Waals surface area contributed by atoms with Gasteiger partial charge >= 0.3 is 0 Å². The molecule has 106 valence electrons. The molecule has 19 heavy (non-hydrogen) atoms. The molecule has 6 nitrogen and oxygen atoms in total. The molecule has 1 saturated heterocycles. The summed E-state index contributed by atoms with van der Waals surface area (Å²) in [5.74, 6) is -1.06. The van der Waals surface area contributed by atoms with E-state index in [1.165, 1.54) is 12.3 Å². The molecule has 2 heterocycles. The first-order valence-corrected chi connectivity index (χ1v) is 8.94. The number of halogens is 1. The van der Waals surface area contributed by atoms with Gasteiger partial charge < -0.3 is 0 Å². The van der Waals surface area contributed by atoms with Crippen LogP contribution in [0.5, 0.6) is 0 Å². The minimum absolute atomic E-state index is 0.0646. The van der Waals surface area contributed by atoms with E-state index in [2.05, 4.69) is 9.71 Å². The standard InChI is InChI=1S/C10H13FN2O4S2/c11-9-2-1-5-12-10(9)19(16,17)13-8-3-6-18(14,15)7-4-8/h1-2,5,8,13H,3-4,6-7H2. The molecule has 0 amide bonds. The number of pyridine rings is 1. The summed E-state index contributed by atoms with van der Waals surface area (Å²) in [5, 5.41) is -0.663. The van der Waals surface area contributed by atoms with Gasteiger partial charge in [0.05, 0.1) is 11.5 Å². The van der Waals surface area contributed by atoms with Gasteiger partial charge in [-0.25, -0.2) is 30.9 Å². The monoisotopic (exact) mass is 308 g/mol. The van der Waals surface area contributed by atoms with Crippen molar-refractivity contribution in [3.63, 3.8) is 0 Å². The van der Waals surface area contributed by atoms with Crippen LogP contribution >= 0.6 is 0 Å². The Kier molecular flexibility index (Phi) is 3.88. The molecular weight excluding hydrogens is 295 g/mol. The van der Waals surface area contributed by atoms with Gasteiger partial charge in [-0.2, -0.15) is 0 Å². The molecule has 1 N–H and O–H groups in total. The Hall–Kier alpha value is -1.06. The zero-order valence-corrected chi connectivity index (χ0v) is 11.5. The van der Waals surface area contributed by atoms with Gasteiger partial charge in [-0.3, -0.25) is 0 Å². The van der Waals surface area contributed by atoms with Crippen molar-refractivity contribution in [2.24, 2.45) is 0 Å². The van der Waals surface area contributed by atoms with Crippen LogP contribution in [0.3, 0.4) is 0 Å². The average Bonchev–Trinajstić information content (AvgIpc) is 2.32. The quantitative estimate of drug-likeness (QED) is 0.853. The highest BCUT2D eigenvalue weighted by Crippen LogP contribution is 2.16. The molecule has 1 aromatic rings. The van der Waals surface area contributed by atoms with Gasteiger partial charge in [0.1, 0.15) is 9.84 Å². The number of aromatic nitrogens is 1. The van der Waals surface area contributed by atoms with Gasteiger partial charge in [0.2, 0.25) is 5.03 Å². The van der Waals surface area contributed by atoms with Crippen LogP contribution in [0, 0.1) is 5.82 Å². The summed E-state index contributed by atoms with van der Waals surface area (Å²) in [4.78, 5) is 3.50. The smallest absolute Gasteiger partial charge is 0.241 e. The fraction of sp³-hybridized carbons (Fsp3) is 0.500. The Labute approximate surface area is 111 Å². The number of sulfone groups is 1. The molecule has 1 aliphatic rings. The first-order chi connectivity index (χ1) is 8.80. The van der Waals surface area contributed by atoms with Crippen molar-refractivity contribution in [1.82, 2.24) is 9.71 Å². The summed E-state index contributed by atoms with van der Waals surface area (Å²) in [5.41, 5.74) is 0. The van der Waals surface area contributed by atoms with Gasteiger partial charge in [-0.1, -0.05) is 0 Å². The van der Waals surface area contributed by atoms with Gasteiger partial charge in [0, 0.05) is 12.2 Å². The second-order valence-corrected chi connectivity index (χ2v) is 8.27. The van der Waals surface area contributed by atoms with E-state index in [-0.39, 0.29) is 24.3 Å². The highest BCUT2D eigenvalue weighted by Gasteiger charge is 2.29. The van der Waals surface area contributed by atoms with Crippen LogP contribution in [0.2, 0.25) is 0 Å². The molecule has 1 aromatic heterocycles. The summed E-state index contributed by atoms with van der Waals surface area (Å²) < 4.78 is 62.0. The van der Waals surface area contributed by atoms with E-state index in [0.717, 1.165) is 6.07 Å².